The topological polar surface area (TPSA) is 53.8 Å². The van der Waals surface area contributed by atoms with Gasteiger partial charge in [0.1, 0.15) is 0 Å². The Morgan fingerprint density at radius 1 is 1.06 bits per heavy atom. The van der Waals surface area contributed by atoms with Crippen LogP contribution in [0.15, 0.2) is 48.7 Å². The van der Waals surface area contributed by atoms with Crippen molar-refractivity contribution in [3.05, 3.63) is 71.0 Å². The van der Waals surface area contributed by atoms with Gasteiger partial charge in [0.2, 0.25) is 0 Å². The molecule has 168 valence electrons. The molecule has 0 spiro atoms. The Hall–Kier alpha value is -3.08. The Morgan fingerprint density at radius 3 is 2.59 bits per heavy atom. The van der Waals surface area contributed by atoms with Crippen LogP contribution in [-0.4, -0.2) is 34.7 Å². The Labute approximate surface area is 190 Å². The minimum atomic E-state index is -0.0622. The number of pyridine rings is 1. The van der Waals surface area contributed by atoms with E-state index in [1.165, 1.54) is 5.56 Å². The molecule has 1 aromatic carbocycles. The number of carbonyl (C=O) groups is 2. The van der Waals surface area contributed by atoms with Crippen molar-refractivity contribution in [3.63, 3.8) is 0 Å². The quantitative estimate of drug-likeness (QED) is 0.569. The number of rotatable bonds is 7. The number of aromatic nitrogens is 1. The molecule has 1 aliphatic rings. The van der Waals surface area contributed by atoms with Crippen molar-refractivity contribution in [2.45, 2.75) is 65.5 Å². The van der Waals surface area contributed by atoms with E-state index in [0.29, 0.717) is 37.0 Å². The number of Topliss-reactive ketones (excluding diaryl/α,β-unsaturated/α-hetero) is 1. The number of nitrogens with zero attached hydrogens (tertiary/aromatic N) is 2. The van der Waals surface area contributed by atoms with Crippen molar-refractivity contribution in [1.82, 2.24) is 9.72 Å². The molecule has 0 saturated carbocycles. The molecule has 0 bridgehead atoms. The van der Waals surface area contributed by atoms with Crippen LogP contribution in [0.2, 0.25) is 0 Å². The van der Waals surface area contributed by atoms with Crippen molar-refractivity contribution in [2.24, 2.45) is 0 Å². The summed E-state index contributed by atoms with van der Waals surface area (Å²) in [7, 11) is 0. The van der Waals surface area contributed by atoms with Crippen LogP contribution in [0.5, 0.6) is 0 Å². The van der Waals surface area contributed by atoms with Gasteiger partial charge in [0.25, 0.3) is 5.91 Å². The van der Waals surface area contributed by atoms with E-state index in [0.717, 1.165) is 35.3 Å². The molecule has 5 heteroatoms. The number of fused-ring (bicyclic) bond motifs is 3. The van der Waals surface area contributed by atoms with Crippen LogP contribution in [0.25, 0.3) is 5.52 Å². The number of hydrogen-bond acceptors (Lipinski definition) is 3. The van der Waals surface area contributed by atoms with Gasteiger partial charge in [-0.25, -0.2) is 0 Å². The van der Waals surface area contributed by atoms with Crippen LogP contribution in [0.4, 0.5) is 5.69 Å². The fourth-order valence-electron chi connectivity index (χ4n) is 5.13. The molecule has 32 heavy (non-hydrogen) atoms. The van der Waals surface area contributed by atoms with Gasteiger partial charge in [-0.2, -0.15) is 0 Å². The molecule has 1 N–H and O–H groups in total. The second-order valence-corrected chi connectivity index (χ2v) is 9.19. The molecular weight excluding hydrogens is 398 g/mol. The fourth-order valence-corrected chi connectivity index (χ4v) is 5.13. The number of nitrogens with one attached hydrogen (secondary N) is 1. The van der Waals surface area contributed by atoms with Gasteiger partial charge >= 0.3 is 0 Å². The molecule has 0 atom stereocenters. The summed E-state index contributed by atoms with van der Waals surface area (Å²) in [6, 6.07) is 14.6. The van der Waals surface area contributed by atoms with Gasteiger partial charge in [0.05, 0.1) is 5.69 Å². The molecule has 4 rings (SSSR count). The largest absolute Gasteiger partial charge is 0.367 e. The predicted octanol–water partition coefficient (Wildman–Crippen LogP) is 5.05. The number of ketones is 1. The predicted molar refractivity (Wildman–Crippen MR) is 130 cm³/mol. The number of benzene rings is 1. The van der Waals surface area contributed by atoms with Gasteiger partial charge in [0, 0.05) is 48.0 Å². The highest BCUT2D eigenvalue weighted by Gasteiger charge is 2.26. The average Bonchev–Trinajstić information content (AvgIpc) is 3.08. The molecule has 0 fully saturated rings. The van der Waals surface area contributed by atoms with Gasteiger partial charge in [0.15, 0.2) is 5.78 Å². The summed E-state index contributed by atoms with van der Waals surface area (Å²) in [5.41, 5.74) is 6.00. The molecule has 0 unspecified atom stereocenters. The van der Waals surface area contributed by atoms with Gasteiger partial charge < -0.3 is 14.6 Å². The standard InChI is InChI=1S/C27H33N3O2/c1-18(2)30(19(3)4)21-10-7-9-20(17-21)27(32)28-15-14-22-23-11-8-13-25(31)26(23)29-16-6-5-12-24(22)29/h5-7,9-10,12,16-19H,8,11,13-15H2,1-4H3,(H,28,32). The second-order valence-electron chi connectivity index (χ2n) is 9.19. The molecular formula is C27H33N3O2. The first-order valence-electron chi connectivity index (χ1n) is 11.7. The summed E-state index contributed by atoms with van der Waals surface area (Å²) >= 11 is 0. The Bertz CT molecular complexity index is 1140. The smallest absolute Gasteiger partial charge is 0.251 e. The lowest BCUT2D eigenvalue weighted by Gasteiger charge is -2.33. The van der Waals surface area contributed by atoms with E-state index >= 15 is 0 Å². The van der Waals surface area contributed by atoms with Crippen molar-refractivity contribution in [1.29, 1.82) is 0 Å². The highest BCUT2D eigenvalue weighted by Crippen LogP contribution is 2.30. The highest BCUT2D eigenvalue weighted by atomic mass is 16.1. The van der Waals surface area contributed by atoms with Crippen LogP contribution < -0.4 is 10.2 Å². The number of hydrogen-bond donors (Lipinski definition) is 1. The first kappa shape index (κ1) is 22.1. The zero-order chi connectivity index (χ0) is 22.8. The molecule has 1 amide bonds. The van der Waals surface area contributed by atoms with E-state index in [4.69, 9.17) is 0 Å². The van der Waals surface area contributed by atoms with Gasteiger partial charge in [-0.3, -0.25) is 9.59 Å². The molecule has 0 radical (unpaired) electrons. The average molecular weight is 432 g/mol. The van der Waals surface area contributed by atoms with E-state index in [9.17, 15) is 9.59 Å². The lowest BCUT2D eigenvalue weighted by atomic mass is 9.92. The van der Waals surface area contributed by atoms with Crippen molar-refractivity contribution in [2.75, 3.05) is 11.4 Å². The number of amides is 1. The van der Waals surface area contributed by atoms with Gasteiger partial charge in [-0.1, -0.05) is 12.1 Å². The summed E-state index contributed by atoms with van der Waals surface area (Å²) in [5.74, 6) is 0.159. The second kappa shape index (κ2) is 9.19. The van der Waals surface area contributed by atoms with Crippen LogP contribution in [0, 0.1) is 0 Å². The first-order chi connectivity index (χ1) is 15.4. The van der Waals surface area contributed by atoms with E-state index in [1.54, 1.807) is 0 Å². The molecule has 1 aliphatic carbocycles. The summed E-state index contributed by atoms with van der Waals surface area (Å²) in [5, 5.41) is 3.09. The van der Waals surface area contributed by atoms with Crippen LogP contribution in [0.3, 0.4) is 0 Å². The molecule has 0 saturated heterocycles. The SMILES string of the molecule is CC(C)N(c1cccc(C(=O)NCCc2c3c(n4ccccc24)C(=O)CCC3)c1)C(C)C. The highest BCUT2D eigenvalue weighted by molar-refractivity contribution is 5.99. The number of anilines is 1. The Kier molecular flexibility index (Phi) is 6.35. The van der Waals surface area contributed by atoms with Crippen LogP contribution in [0.1, 0.15) is 72.5 Å². The molecule has 5 nitrogen and oxygen atoms in total. The third-order valence-corrected chi connectivity index (χ3v) is 6.33. The molecule has 2 aromatic heterocycles. The maximum absolute atomic E-state index is 12.9. The van der Waals surface area contributed by atoms with Crippen LogP contribution in [-0.2, 0) is 12.8 Å². The molecule has 2 heterocycles. The number of carbonyl (C=O) groups excluding carboxylic acids is 2. The fraction of sp³-hybridized carbons (Fsp3) is 0.407. The van der Waals surface area contributed by atoms with Gasteiger partial charge in [-0.05, 0) is 88.4 Å². The lowest BCUT2D eigenvalue weighted by Crippen LogP contribution is -2.37. The van der Waals surface area contributed by atoms with E-state index in [-0.39, 0.29) is 11.7 Å². The van der Waals surface area contributed by atoms with Crippen LogP contribution >= 0.6 is 0 Å². The summed E-state index contributed by atoms with van der Waals surface area (Å²) in [4.78, 5) is 27.8. The van der Waals surface area contributed by atoms with Crippen molar-refractivity contribution in [3.8, 4) is 0 Å². The van der Waals surface area contributed by atoms with E-state index in [2.05, 4.69) is 50.0 Å². The maximum Gasteiger partial charge on any atom is 0.251 e. The van der Waals surface area contributed by atoms with E-state index in [1.807, 2.05) is 40.9 Å². The summed E-state index contributed by atoms with van der Waals surface area (Å²) in [6.45, 7) is 9.21. The maximum atomic E-state index is 12.9. The van der Waals surface area contributed by atoms with Crippen molar-refractivity contribution >= 4 is 22.9 Å². The third kappa shape index (κ3) is 4.16. The Balaban J connectivity index is 1.50. The Morgan fingerprint density at radius 2 is 1.84 bits per heavy atom. The minimum Gasteiger partial charge on any atom is -0.367 e. The minimum absolute atomic E-state index is 0.0622. The van der Waals surface area contributed by atoms with Gasteiger partial charge in [-0.15, -0.1) is 0 Å². The lowest BCUT2D eigenvalue weighted by molar-refractivity contribution is 0.0949. The monoisotopic (exact) mass is 431 g/mol. The zero-order valence-corrected chi connectivity index (χ0v) is 19.5. The van der Waals surface area contributed by atoms with E-state index < -0.39 is 0 Å². The normalized spacial score (nSPS) is 13.6. The summed E-state index contributed by atoms with van der Waals surface area (Å²) < 4.78 is 2.03. The first-order valence-corrected chi connectivity index (χ1v) is 11.7. The zero-order valence-electron chi connectivity index (χ0n) is 19.5. The molecule has 3 aromatic rings. The van der Waals surface area contributed by atoms with Crippen molar-refractivity contribution < 1.29 is 9.59 Å². The molecule has 0 aliphatic heterocycles. The third-order valence-electron chi connectivity index (χ3n) is 6.33. The summed E-state index contributed by atoms with van der Waals surface area (Å²) in [6.07, 6.45) is 5.13.